The number of hydrogen-bond acceptors (Lipinski definition) is 5. The Morgan fingerprint density at radius 2 is 1.86 bits per heavy atom. The molecular weight excluding hydrogens is 332 g/mol. The number of rotatable bonds is 4. The van der Waals surface area contributed by atoms with E-state index in [0.717, 1.165) is 12.1 Å². The summed E-state index contributed by atoms with van der Waals surface area (Å²) in [6, 6.07) is 7.47. The molecule has 0 aliphatic carbocycles. The molecule has 0 saturated heterocycles. The lowest BCUT2D eigenvalue weighted by atomic mass is 10.2. The molecule has 22 heavy (non-hydrogen) atoms. The van der Waals surface area contributed by atoms with Crippen LogP contribution in [0.25, 0.3) is 0 Å². The fourth-order valence-corrected chi connectivity index (χ4v) is 3.36. The van der Waals surface area contributed by atoms with Crippen molar-refractivity contribution in [3.63, 3.8) is 0 Å². The predicted octanol–water partition coefficient (Wildman–Crippen LogP) is 2.13. The van der Waals surface area contributed by atoms with Crippen LogP contribution in [-0.4, -0.2) is 24.6 Å². The van der Waals surface area contributed by atoms with Gasteiger partial charge in [-0.25, -0.2) is 13.2 Å². The monoisotopic (exact) mass is 342 g/mol. The maximum Gasteiger partial charge on any atom is 0.337 e. The highest BCUT2D eigenvalue weighted by Crippen LogP contribution is 2.32. The second-order valence-corrected chi connectivity index (χ2v) is 6.36. The van der Waals surface area contributed by atoms with Crippen LogP contribution in [-0.2, 0) is 10.0 Å². The zero-order valence-corrected chi connectivity index (χ0v) is 12.5. The number of nitrogens with two attached hydrogens (primary N) is 1. The van der Waals surface area contributed by atoms with Gasteiger partial charge in [0.1, 0.15) is 10.6 Å². The van der Waals surface area contributed by atoms with Gasteiger partial charge in [0.2, 0.25) is 0 Å². The number of aromatic hydroxyl groups is 1. The summed E-state index contributed by atoms with van der Waals surface area (Å²) in [6.45, 7) is 0. The Bertz CT molecular complexity index is 852. The van der Waals surface area contributed by atoms with Gasteiger partial charge in [0.25, 0.3) is 10.0 Å². The van der Waals surface area contributed by atoms with Crippen molar-refractivity contribution in [3.8, 4) is 5.75 Å². The smallest absolute Gasteiger partial charge is 0.337 e. The van der Waals surface area contributed by atoms with Crippen molar-refractivity contribution in [2.75, 3.05) is 10.5 Å². The van der Waals surface area contributed by atoms with Crippen molar-refractivity contribution in [3.05, 3.63) is 47.0 Å². The molecule has 0 bridgehead atoms. The molecule has 0 saturated carbocycles. The van der Waals surface area contributed by atoms with Crippen LogP contribution >= 0.6 is 11.6 Å². The quantitative estimate of drug-likeness (QED) is 0.497. The van der Waals surface area contributed by atoms with Crippen LogP contribution in [0.3, 0.4) is 0 Å². The molecule has 0 spiro atoms. The second kappa shape index (κ2) is 5.74. The Balaban J connectivity index is 2.50. The standard InChI is InChI=1S/C13H11ClN2O5S/c14-8-5-9(15)11(17)6-12(8)22(20,21)16-10-4-2-1-3-7(10)13(18)19/h1-6,16-17H,15H2,(H,18,19). The van der Waals surface area contributed by atoms with Crippen LogP contribution in [0.5, 0.6) is 5.75 Å². The molecule has 2 rings (SSSR count). The van der Waals surface area contributed by atoms with E-state index in [0.29, 0.717) is 0 Å². The van der Waals surface area contributed by atoms with Crippen molar-refractivity contribution in [1.29, 1.82) is 0 Å². The molecule has 0 atom stereocenters. The molecule has 9 heteroatoms. The highest BCUT2D eigenvalue weighted by molar-refractivity contribution is 7.92. The highest BCUT2D eigenvalue weighted by atomic mass is 35.5. The minimum atomic E-state index is -4.20. The molecule has 0 unspecified atom stereocenters. The number of anilines is 2. The average Bonchev–Trinajstić information content (AvgIpc) is 2.42. The van der Waals surface area contributed by atoms with Crippen LogP contribution in [0, 0.1) is 0 Å². The maximum atomic E-state index is 12.3. The topological polar surface area (TPSA) is 130 Å². The molecule has 5 N–H and O–H groups in total. The summed E-state index contributed by atoms with van der Waals surface area (Å²) in [6.07, 6.45) is 0. The summed E-state index contributed by atoms with van der Waals surface area (Å²) in [4.78, 5) is 10.7. The van der Waals surface area contributed by atoms with E-state index in [1.54, 1.807) is 0 Å². The van der Waals surface area contributed by atoms with Gasteiger partial charge in [0.05, 0.1) is 22.0 Å². The van der Waals surface area contributed by atoms with Gasteiger partial charge < -0.3 is 15.9 Å². The lowest BCUT2D eigenvalue weighted by Crippen LogP contribution is -2.16. The number of nitrogens with one attached hydrogen (secondary N) is 1. The number of hydrogen-bond donors (Lipinski definition) is 4. The lowest BCUT2D eigenvalue weighted by Gasteiger charge is -2.12. The van der Waals surface area contributed by atoms with E-state index in [2.05, 4.69) is 4.72 Å². The van der Waals surface area contributed by atoms with Gasteiger partial charge in [-0.05, 0) is 18.2 Å². The number of halogens is 1. The lowest BCUT2D eigenvalue weighted by molar-refractivity contribution is 0.0698. The average molecular weight is 343 g/mol. The van der Waals surface area contributed by atoms with Gasteiger partial charge in [0, 0.05) is 6.07 Å². The maximum absolute atomic E-state index is 12.3. The molecular formula is C13H11ClN2O5S. The normalized spacial score (nSPS) is 11.1. The third-order valence-corrected chi connectivity index (χ3v) is 4.60. The molecule has 0 radical (unpaired) electrons. The zero-order chi connectivity index (χ0) is 16.5. The summed E-state index contributed by atoms with van der Waals surface area (Å²) in [5.41, 5.74) is 5.00. The van der Waals surface area contributed by atoms with E-state index in [4.69, 9.17) is 22.4 Å². The van der Waals surface area contributed by atoms with E-state index in [-0.39, 0.29) is 22.0 Å². The molecule has 0 amide bonds. The van der Waals surface area contributed by atoms with Crippen LogP contribution in [0.15, 0.2) is 41.3 Å². The Labute approximate surface area is 131 Å². The number of aromatic carboxylic acids is 1. The third kappa shape index (κ3) is 3.07. The predicted molar refractivity (Wildman–Crippen MR) is 81.7 cm³/mol. The number of carbonyl (C=O) groups is 1. The van der Waals surface area contributed by atoms with Crippen LogP contribution in [0.2, 0.25) is 5.02 Å². The fourth-order valence-electron chi connectivity index (χ4n) is 1.72. The first-order chi connectivity index (χ1) is 10.2. The number of nitrogen functional groups attached to an aromatic ring is 1. The van der Waals surface area contributed by atoms with Gasteiger partial charge in [-0.15, -0.1) is 0 Å². The summed E-state index contributed by atoms with van der Waals surface area (Å²) in [5.74, 6) is -1.74. The molecule has 7 nitrogen and oxygen atoms in total. The van der Waals surface area contributed by atoms with Crippen LogP contribution in [0.1, 0.15) is 10.4 Å². The largest absolute Gasteiger partial charge is 0.506 e. The van der Waals surface area contributed by atoms with E-state index in [1.165, 1.54) is 24.3 Å². The van der Waals surface area contributed by atoms with Gasteiger partial charge >= 0.3 is 5.97 Å². The Hall–Kier alpha value is -2.45. The first-order valence-electron chi connectivity index (χ1n) is 5.85. The van der Waals surface area contributed by atoms with Crippen molar-refractivity contribution < 1.29 is 23.4 Å². The highest BCUT2D eigenvalue weighted by Gasteiger charge is 2.22. The first-order valence-corrected chi connectivity index (χ1v) is 7.71. The summed E-state index contributed by atoms with van der Waals surface area (Å²) in [7, 11) is -4.20. The minimum absolute atomic E-state index is 0.0742. The number of benzene rings is 2. The van der Waals surface area contributed by atoms with Crippen molar-refractivity contribution in [2.45, 2.75) is 4.90 Å². The van der Waals surface area contributed by atoms with Gasteiger partial charge in [-0.2, -0.15) is 0 Å². The first kappa shape index (κ1) is 15.9. The second-order valence-electron chi connectivity index (χ2n) is 4.30. The number of carboxylic acid groups (broad SMARTS) is 1. The van der Waals surface area contributed by atoms with Crippen molar-refractivity contribution >= 4 is 39.0 Å². The molecule has 0 heterocycles. The summed E-state index contributed by atoms with van der Waals surface area (Å²) < 4.78 is 26.8. The van der Waals surface area contributed by atoms with Gasteiger partial charge in [-0.1, -0.05) is 23.7 Å². The van der Waals surface area contributed by atoms with Crippen molar-refractivity contribution in [2.24, 2.45) is 0 Å². The van der Waals surface area contributed by atoms with E-state index >= 15 is 0 Å². The van der Waals surface area contributed by atoms with E-state index < -0.39 is 26.6 Å². The third-order valence-electron chi connectivity index (χ3n) is 2.77. The number of phenols is 1. The number of phenolic OH excluding ortho intramolecular Hbond substituents is 1. The van der Waals surface area contributed by atoms with E-state index in [1.807, 2.05) is 0 Å². The molecule has 2 aromatic rings. The molecule has 0 aliphatic rings. The number of para-hydroxylation sites is 1. The summed E-state index contributed by atoms with van der Waals surface area (Å²) in [5, 5.41) is 18.4. The Morgan fingerprint density at radius 1 is 1.23 bits per heavy atom. The Kier molecular flexibility index (Phi) is 4.16. The van der Waals surface area contributed by atoms with Crippen molar-refractivity contribution in [1.82, 2.24) is 0 Å². The van der Waals surface area contributed by atoms with Gasteiger partial charge in [-0.3, -0.25) is 4.72 Å². The molecule has 116 valence electrons. The molecule has 0 fully saturated rings. The minimum Gasteiger partial charge on any atom is -0.506 e. The Morgan fingerprint density at radius 3 is 2.50 bits per heavy atom. The van der Waals surface area contributed by atoms with E-state index in [9.17, 15) is 18.3 Å². The molecule has 2 aromatic carbocycles. The number of carboxylic acids is 1. The summed E-state index contributed by atoms with van der Waals surface area (Å²) >= 11 is 5.83. The SMILES string of the molecule is Nc1cc(Cl)c(S(=O)(=O)Nc2ccccc2C(=O)O)cc1O. The zero-order valence-electron chi connectivity index (χ0n) is 10.9. The fraction of sp³-hybridized carbons (Fsp3) is 0. The van der Waals surface area contributed by atoms with Crippen LogP contribution in [0.4, 0.5) is 11.4 Å². The molecule has 0 aromatic heterocycles. The van der Waals surface area contributed by atoms with Gasteiger partial charge in [0.15, 0.2) is 0 Å². The number of sulfonamides is 1. The van der Waals surface area contributed by atoms with Crippen LogP contribution < -0.4 is 10.5 Å². The molecule has 0 aliphatic heterocycles.